The van der Waals surface area contributed by atoms with Gasteiger partial charge in [0.05, 0.1) is 0 Å². The van der Waals surface area contributed by atoms with Gasteiger partial charge < -0.3 is 0 Å². The first-order valence-corrected chi connectivity index (χ1v) is 4.33. The highest BCUT2D eigenvalue weighted by Crippen LogP contribution is 1.86. The van der Waals surface area contributed by atoms with Crippen LogP contribution in [0.2, 0.25) is 0 Å². The summed E-state index contributed by atoms with van der Waals surface area (Å²) in [6.45, 7) is 8.00. The van der Waals surface area contributed by atoms with Gasteiger partial charge in [-0.1, -0.05) is 39.8 Å². The molecule has 0 aliphatic carbocycles. The Morgan fingerprint density at radius 1 is 1.00 bits per heavy atom. The maximum atomic E-state index is 3.90. The van der Waals surface area contributed by atoms with E-state index in [1.54, 1.807) is 6.20 Å². The van der Waals surface area contributed by atoms with E-state index in [1.807, 2.05) is 46.1 Å². The van der Waals surface area contributed by atoms with Crippen molar-refractivity contribution in [2.45, 2.75) is 34.1 Å². The monoisotopic (exact) mass is 153 g/mol. The molecule has 64 valence electrons. The van der Waals surface area contributed by atoms with Gasteiger partial charge in [-0.2, -0.15) is 0 Å². The van der Waals surface area contributed by atoms with E-state index in [4.69, 9.17) is 0 Å². The van der Waals surface area contributed by atoms with Crippen LogP contribution in [0.1, 0.15) is 34.1 Å². The van der Waals surface area contributed by atoms with Gasteiger partial charge >= 0.3 is 0 Å². The third-order valence-electron chi connectivity index (χ3n) is 0.766. The first-order valence-electron chi connectivity index (χ1n) is 4.33. The molecule has 0 bridgehead atoms. The van der Waals surface area contributed by atoms with Crippen LogP contribution in [0.4, 0.5) is 0 Å². The Morgan fingerprint density at radius 3 is 2.27 bits per heavy atom. The third-order valence-corrected chi connectivity index (χ3v) is 0.766. The molecule has 0 saturated carbocycles. The molecule has 1 heterocycles. The number of aliphatic imine (C=N–C) groups is 1. The molecule has 11 heavy (non-hydrogen) atoms. The lowest BCUT2D eigenvalue weighted by atomic mass is 10.4. The smallest absolute Gasteiger partial charge is 0.0263 e. The summed E-state index contributed by atoms with van der Waals surface area (Å²) < 4.78 is 0. The molecule has 0 radical (unpaired) electrons. The van der Waals surface area contributed by atoms with E-state index in [-0.39, 0.29) is 0 Å². The Kier molecular flexibility index (Phi) is 18.7. The fraction of sp³-hybridized carbons (Fsp3) is 0.500. The highest BCUT2D eigenvalue weighted by atomic mass is 14.7. The van der Waals surface area contributed by atoms with E-state index in [0.717, 1.165) is 6.42 Å². The summed E-state index contributed by atoms with van der Waals surface area (Å²) in [4.78, 5) is 3.90. The van der Waals surface area contributed by atoms with Gasteiger partial charge in [-0.25, -0.2) is 0 Å². The molecule has 0 unspecified atom stereocenters. The van der Waals surface area contributed by atoms with Crippen molar-refractivity contribution in [2.75, 3.05) is 0 Å². The molecule has 0 aromatic rings. The van der Waals surface area contributed by atoms with E-state index in [2.05, 4.69) is 11.1 Å². The Balaban J connectivity index is 0. The van der Waals surface area contributed by atoms with E-state index < -0.39 is 0 Å². The van der Waals surface area contributed by atoms with Crippen molar-refractivity contribution < 1.29 is 0 Å². The molecule has 1 heteroatoms. The summed E-state index contributed by atoms with van der Waals surface area (Å²) in [5, 5.41) is 0. The van der Waals surface area contributed by atoms with Gasteiger partial charge in [-0.05, 0) is 6.08 Å². The van der Waals surface area contributed by atoms with E-state index in [0.29, 0.717) is 0 Å². The van der Waals surface area contributed by atoms with Crippen molar-refractivity contribution >= 4 is 6.21 Å². The topological polar surface area (TPSA) is 12.4 Å². The average molecular weight is 153 g/mol. The number of hydrogen-bond acceptors (Lipinski definition) is 1. The first kappa shape index (κ1) is 12.8. The van der Waals surface area contributed by atoms with Crippen LogP contribution in [0.5, 0.6) is 0 Å². The second-order valence-electron chi connectivity index (χ2n) is 1.34. The van der Waals surface area contributed by atoms with Crippen molar-refractivity contribution in [2.24, 2.45) is 4.99 Å². The molecule has 0 saturated heterocycles. The second kappa shape index (κ2) is 16.1. The largest absolute Gasteiger partial charge is 0.269 e. The number of rotatable bonds is 0. The minimum absolute atomic E-state index is 0.965. The summed E-state index contributed by atoms with van der Waals surface area (Å²) in [6, 6.07) is 0. The fourth-order valence-electron chi connectivity index (χ4n) is 0.439. The zero-order chi connectivity index (χ0) is 8.95. The van der Waals surface area contributed by atoms with E-state index in [1.165, 1.54) is 0 Å². The van der Waals surface area contributed by atoms with Crippen LogP contribution in [0.15, 0.2) is 29.4 Å². The summed E-state index contributed by atoms with van der Waals surface area (Å²) in [7, 11) is 0. The van der Waals surface area contributed by atoms with Crippen LogP contribution in [0.3, 0.4) is 0 Å². The predicted molar refractivity (Wildman–Crippen MR) is 54.1 cm³/mol. The molecule has 0 aromatic carbocycles. The molecule has 1 nitrogen and oxygen atoms in total. The molecule has 0 amide bonds. The highest BCUT2D eigenvalue weighted by molar-refractivity contribution is 5.61. The van der Waals surface area contributed by atoms with Crippen molar-refractivity contribution in [1.29, 1.82) is 0 Å². The standard InChI is InChI=1S/C6H7N.2C2H6/c1-2-4-6-7-5-3-1;2*1-2/h1-3,5-6H,4H2;2*1-2H3. The van der Waals surface area contributed by atoms with Gasteiger partial charge in [0.25, 0.3) is 0 Å². The molecule has 0 N–H and O–H groups in total. The molecule has 1 rings (SSSR count). The second-order valence-corrected chi connectivity index (χ2v) is 1.34. The molecule has 1 aliphatic rings. The molecular formula is C10H19N. The molecule has 0 spiro atoms. The van der Waals surface area contributed by atoms with Crippen LogP contribution in [-0.2, 0) is 0 Å². The summed E-state index contributed by atoms with van der Waals surface area (Å²) >= 11 is 0. The zero-order valence-corrected chi connectivity index (χ0v) is 8.04. The lowest BCUT2D eigenvalue weighted by Crippen LogP contribution is -1.61. The minimum atomic E-state index is 0.965. The fourth-order valence-corrected chi connectivity index (χ4v) is 0.439. The molecule has 1 aliphatic heterocycles. The number of allylic oxidation sites excluding steroid dienone is 3. The van der Waals surface area contributed by atoms with Gasteiger partial charge in [0.2, 0.25) is 0 Å². The zero-order valence-electron chi connectivity index (χ0n) is 8.04. The van der Waals surface area contributed by atoms with Crippen molar-refractivity contribution in [3.8, 4) is 0 Å². The molecule has 0 aromatic heterocycles. The van der Waals surface area contributed by atoms with Gasteiger partial charge in [-0.3, -0.25) is 4.99 Å². The molecule has 0 fully saturated rings. The lowest BCUT2D eigenvalue weighted by Gasteiger charge is -1.68. The maximum Gasteiger partial charge on any atom is 0.0263 e. The van der Waals surface area contributed by atoms with Gasteiger partial charge in [0.15, 0.2) is 0 Å². The number of nitrogens with zero attached hydrogens (tertiary/aromatic N) is 1. The third kappa shape index (κ3) is 12.4. The van der Waals surface area contributed by atoms with Crippen LogP contribution >= 0.6 is 0 Å². The molecular weight excluding hydrogens is 134 g/mol. The van der Waals surface area contributed by atoms with Crippen LogP contribution in [0, 0.1) is 0 Å². The summed E-state index contributed by atoms with van der Waals surface area (Å²) in [5.74, 6) is 0. The summed E-state index contributed by atoms with van der Waals surface area (Å²) in [5.41, 5.74) is 0. The predicted octanol–water partition coefficient (Wildman–Crippen LogP) is 3.58. The average Bonchev–Trinajstić information content (AvgIpc) is 2.42. The van der Waals surface area contributed by atoms with Crippen LogP contribution < -0.4 is 0 Å². The first-order chi connectivity index (χ1) is 5.50. The van der Waals surface area contributed by atoms with E-state index in [9.17, 15) is 0 Å². The van der Waals surface area contributed by atoms with Crippen LogP contribution in [-0.4, -0.2) is 6.21 Å². The Labute approximate surface area is 70.5 Å². The normalized spacial score (nSPS) is 12.0. The Bertz CT molecular complexity index is 107. The van der Waals surface area contributed by atoms with Crippen LogP contribution in [0.25, 0.3) is 0 Å². The Morgan fingerprint density at radius 2 is 1.64 bits per heavy atom. The quantitative estimate of drug-likeness (QED) is 0.504. The van der Waals surface area contributed by atoms with E-state index >= 15 is 0 Å². The highest BCUT2D eigenvalue weighted by Gasteiger charge is 1.71. The van der Waals surface area contributed by atoms with Crippen molar-refractivity contribution in [3.63, 3.8) is 0 Å². The SMILES string of the molecule is C1=CCC=NC=C1.CC.CC. The Hall–Kier alpha value is -0.850. The minimum Gasteiger partial charge on any atom is -0.269 e. The molecule has 0 atom stereocenters. The summed E-state index contributed by atoms with van der Waals surface area (Å²) in [6.07, 6.45) is 10.6. The van der Waals surface area contributed by atoms with Crippen molar-refractivity contribution in [3.05, 3.63) is 24.4 Å². The maximum absolute atomic E-state index is 3.90. The lowest BCUT2D eigenvalue weighted by molar-refractivity contribution is 1.50. The van der Waals surface area contributed by atoms with Gasteiger partial charge in [-0.15, -0.1) is 0 Å². The van der Waals surface area contributed by atoms with Gasteiger partial charge in [0, 0.05) is 18.8 Å². The number of hydrogen-bond donors (Lipinski definition) is 0. The van der Waals surface area contributed by atoms with Crippen molar-refractivity contribution in [1.82, 2.24) is 0 Å². The van der Waals surface area contributed by atoms with Gasteiger partial charge in [0.1, 0.15) is 0 Å².